The van der Waals surface area contributed by atoms with E-state index < -0.39 is 0 Å². The summed E-state index contributed by atoms with van der Waals surface area (Å²) >= 11 is 5.00. The average molecular weight is 271 g/mol. The van der Waals surface area contributed by atoms with E-state index in [1.54, 1.807) is 43.6 Å². The van der Waals surface area contributed by atoms with E-state index in [1.165, 1.54) is 4.90 Å². The number of hydrogen-bond donors (Lipinski definition) is 1. The Balaban J connectivity index is 2.38. The lowest BCUT2D eigenvalue weighted by atomic mass is 10.1. The molecule has 1 aromatic carbocycles. The van der Waals surface area contributed by atoms with Crippen molar-refractivity contribution in [2.45, 2.75) is 0 Å². The maximum absolute atomic E-state index is 12.3. The van der Waals surface area contributed by atoms with Crippen molar-refractivity contribution in [3.8, 4) is 0 Å². The molecule has 0 aliphatic heterocycles. The molecule has 96 valence electrons. The monoisotopic (exact) mass is 271 g/mol. The van der Waals surface area contributed by atoms with Crippen molar-refractivity contribution in [2.75, 3.05) is 11.9 Å². The Morgan fingerprint density at radius 2 is 1.89 bits per heavy atom. The summed E-state index contributed by atoms with van der Waals surface area (Å²) in [4.78, 5) is 18.1. The van der Waals surface area contributed by atoms with E-state index >= 15 is 0 Å². The molecule has 0 aliphatic rings. The van der Waals surface area contributed by atoms with E-state index in [4.69, 9.17) is 18.0 Å². The number of benzene rings is 1. The van der Waals surface area contributed by atoms with Crippen LogP contribution < -0.4 is 10.6 Å². The van der Waals surface area contributed by atoms with Gasteiger partial charge in [0, 0.05) is 18.8 Å². The maximum atomic E-state index is 12.3. The Morgan fingerprint density at radius 3 is 2.53 bits per heavy atom. The van der Waals surface area contributed by atoms with Gasteiger partial charge in [0.05, 0.1) is 5.69 Å². The summed E-state index contributed by atoms with van der Waals surface area (Å²) in [6.07, 6.45) is 1.58. The molecule has 1 aromatic heterocycles. The Labute approximate surface area is 116 Å². The number of thiocarbonyl (C=S) groups is 1. The number of hydrogen-bond acceptors (Lipinski definition) is 3. The first kappa shape index (κ1) is 13.2. The van der Waals surface area contributed by atoms with E-state index in [1.807, 2.05) is 12.1 Å². The smallest absolute Gasteiger partial charge is 0.276 e. The minimum atomic E-state index is -0.204. The molecule has 1 amide bonds. The number of para-hydroxylation sites is 1. The lowest BCUT2D eigenvalue weighted by Crippen LogP contribution is -2.29. The van der Waals surface area contributed by atoms with Crippen LogP contribution in [0.5, 0.6) is 0 Å². The van der Waals surface area contributed by atoms with Gasteiger partial charge >= 0.3 is 0 Å². The minimum Gasteiger partial charge on any atom is -0.389 e. The highest BCUT2D eigenvalue weighted by Crippen LogP contribution is 2.20. The number of pyridine rings is 1. The summed E-state index contributed by atoms with van der Waals surface area (Å²) < 4.78 is 0. The molecule has 0 aliphatic carbocycles. The van der Waals surface area contributed by atoms with Crippen molar-refractivity contribution >= 4 is 28.8 Å². The van der Waals surface area contributed by atoms with Crippen molar-refractivity contribution in [3.05, 3.63) is 59.9 Å². The number of carbonyl (C=O) groups excluding carboxylic acids is 1. The molecule has 0 saturated carbocycles. The fraction of sp³-hybridized carbons (Fsp3) is 0.0714. The third-order valence-electron chi connectivity index (χ3n) is 2.72. The highest BCUT2D eigenvalue weighted by atomic mass is 32.1. The predicted octanol–water partition coefficient (Wildman–Crippen LogP) is 1.99. The zero-order valence-electron chi connectivity index (χ0n) is 10.4. The van der Waals surface area contributed by atoms with Crippen LogP contribution in [0.3, 0.4) is 0 Å². The summed E-state index contributed by atoms with van der Waals surface area (Å²) in [7, 11) is 1.67. The van der Waals surface area contributed by atoms with E-state index in [2.05, 4.69) is 4.98 Å². The van der Waals surface area contributed by atoms with Gasteiger partial charge in [-0.1, -0.05) is 30.4 Å². The van der Waals surface area contributed by atoms with Crippen molar-refractivity contribution in [1.82, 2.24) is 4.98 Å². The van der Waals surface area contributed by atoms with Crippen LogP contribution in [0.25, 0.3) is 0 Å². The predicted molar refractivity (Wildman–Crippen MR) is 79.3 cm³/mol. The fourth-order valence-corrected chi connectivity index (χ4v) is 1.92. The summed E-state index contributed by atoms with van der Waals surface area (Å²) in [5, 5.41) is 0. The first-order valence-electron chi connectivity index (χ1n) is 5.69. The molecule has 0 radical (unpaired) electrons. The van der Waals surface area contributed by atoms with Gasteiger partial charge in [-0.2, -0.15) is 0 Å². The Morgan fingerprint density at radius 1 is 1.21 bits per heavy atom. The van der Waals surface area contributed by atoms with Gasteiger partial charge in [0.2, 0.25) is 0 Å². The minimum absolute atomic E-state index is 0.204. The molecule has 1 heterocycles. The number of amides is 1. The number of aromatic nitrogens is 1. The normalized spacial score (nSPS) is 9.95. The highest BCUT2D eigenvalue weighted by molar-refractivity contribution is 7.80. The molecular formula is C14H13N3OS. The second-order valence-electron chi connectivity index (χ2n) is 3.96. The Bertz CT molecular complexity index is 613. The van der Waals surface area contributed by atoms with E-state index in [9.17, 15) is 4.79 Å². The maximum Gasteiger partial charge on any atom is 0.276 e. The first-order valence-corrected chi connectivity index (χ1v) is 6.10. The molecule has 0 bridgehead atoms. The molecule has 19 heavy (non-hydrogen) atoms. The summed E-state index contributed by atoms with van der Waals surface area (Å²) in [6.45, 7) is 0. The van der Waals surface area contributed by atoms with E-state index in [-0.39, 0.29) is 10.9 Å². The fourth-order valence-electron chi connectivity index (χ4n) is 1.74. The highest BCUT2D eigenvalue weighted by Gasteiger charge is 2.17. The third-order valence-corrected chi connectivity index (χ3v) is 2.94. The third kappa shape index (κ3) is 2.77. The van der Waals surface area contributed by atoms with Crippen LogP contribution in [0.2, 0.25) is 0 Å². The zero-order chi connectivity index (χ0) is 13.8. The zero-order valence-corrected chi connectivity index (χ0v) is 11.2. The first-order chi connectivity index (χ1) is 9.11. The molecule has 0 atom stereocenters. The van der Waals surface area contributed by atoms with Crippen molar-refractivity contribution in [1.29, 1.82) is 0 Å². The topological polar surface area (TPSA) is 59.2 Å². The molecule has 0 saturated heterocycles. The molecule has 0 unspecified atom stereocenters. The summed E-state index contributed by atoms with van der Waals surface area (Å²) in [6, 6.07) is 12.5. The lowest BCUT2D eigenvalue weighted by molar-refractivity contribution is 0.0988. The average Bonchev–Trinajstić information content (AvgIpc) is 2.46. The van der Waals surface area contributed by atoms with Gasteiger partial charge in [0.1, 0.15) is 10.7 Å². The SMILES string of the molecule is CN(C(=O)c1ccccn1)c1ccccc1C(N)=S. The summed E-state index contributed by atoms with van der Waals surface area (Å²) in [5.41, 5.74) is 7.39. The van der Waals surface area contributed by atoms with Gasteiger partial charge in [-0.3, -0.25) is 9.78 Å². The molecule has 0 spiro atoms. The quantitative estimate of drug-likeness (QED) is 0.867. The Kier molecular flexibility index (Phi) is 3.87. The van der Waals surface area contributed by atoms with Gasteiger partial charge < -0.3 is 10.6 Å². The lowest BCUT2D eigenvalue weighted by Gasteiger charge is -2.19. The largest absolute Gasteiger partial charge is 0.389 e. The van der Waals surface area contributed by atoms with Crippen LogP contribution in [-0.4, -0.2) is 22.9 Å². The molecule has 0 fully saturated rings. The molecule has 2 aromatic rings. The Hall–Kier alpha value is -2.27. The van der Waals surface area contributed by atoms with Crippen LogP contribution >= 0.6 is 12.2 Å². The number of carbonyl (C=O) groups is 1. The number of nitrogens with two attached hydrogens (primary N) is 1. The molecule has 2 N–H and O–H groups in total. The van der Waals surface area contributed by atoms with Gasteiger partial charge in [-0.25, -0.2) is 0 Å². The second-order valence-corrected chi connectivity index (χ2v) is 4.40. The molecule has 4 nitrogen and oxygen atoms in total. The van der Waals surface area contributed by atoms with Crippen molar-refractivity contribution in [3.63, 3.8) is 0 Å². The molecule has 2 rings (SSSR count). The van der Waals surface area contributed by atoms with Crippen LogP contribution in [0.4, 0.5) is 5.69 Å². The van der Waals surface area contributed by atoms with Crippen molar-refractivity contribution in [2.24, 2.45) is 5.73 Å². The van der Waals surface area contributed by atoms with E-state index in [0.717, 1.165) is 0 Å². The van der Waals surface area contributed by atoms with Gasteiger partial charge in [0.15, 0.2) is 0 Å². The number of nitrogens with zero attached hydrogens (tertiary/aromatic N) is 2. The number of rotatable bonds is 3. The van der Waals surface area contributed by atoms with Crippen LogP contribution in [0.15, 0.2) is 48.7 Å². The molecular weight excluding hydrogens is 258 g/mol. The number of anilines is 1. The molecule has 5 heteroatoms. The summed E-state index contributed by atoms with van der Waals surface area (Å²) in [5.74, 6) is -0.204. The van der Waals surface area contributed by atoms with Crippen LogP contribution in [0.1, 0.15) is 16.1 Å². The van der Waals surface area contributed by atoms with Gasteiger partial charge in [-0.05, 0) is 24.3 Å². The standard InChI is InChI=1S/C14H13N3OS/c1-17(14(18)11-7-4-5-9-16-11)12-8-3-2-6-10(12)13(15)19/h2-9H,1H3,(H2,15,19). The van der Waals surface area contributed by atoms with Gasteiger partial charge in [-0.15, -0.1) is 0 Å². The van der Waals surface area contributed by atoms with Crippen LogP contribution in [-0.2, 0) is 0 Å². The second kappa shape index (κ2) is 5.58. The van der Waals surface area contributed by atoms with Crippen LogP contribution in [0, 0.1) is 0 Å². The van der Waals surface area contributed by atoms with Crippen molar-refractivity contribution < 1.29 is 4.79 Å². The van der Waals surface area contributed by atoms with Gasteiger partial charge in [0.25, 0.3) is 5.91 Å². The van der Waals surface area contributed by atoms with E-state index in [0.29, 0.717) is 16.9 Å².